The Bertz CT molecular complexity index is 612. The summed E-state index contributed by atoms with van der Waals surface area (Å²) in [5.74, 6) is -0.0737. The lowest BCUT2D eigenvalue weighted by atomic mass is 9.75. The number of carboxylic acid groups (broad SMARTS) is 1. The normalized spacial score (nSPS) is 23.7. The topological polar surface area (TPSA) is 49.8 Å². The average Bonchev–Trinajstić information content (AvgIpc) is 2.95. The van der Waals surface area contributed by atoms with Gasteiger partial charge >= 0.3 is 5.97 Å². The fourth-order valence-electron chi connectivity index (χ4n) is 4.47. The summed E-state index contributed by atoms with van der Waals surface area (Å²) < 4.78 is 6.53. The summed E-state index contributed by atoms with van der Waals surface area (Å²) in [4.78, 5) is 14.1. The number of rotatable bonds is 7. The number of aliphatic carboxylic acids is 1. The summed E-state index contributed by atoms with van der Waals surface area (Å²) >= 11 is 0. The fraction of sp³-hybridized carbons (Fsp3) is 0.682. The van der Waals surface area contributed by atoms with Gasteiger partial charge in [-0.05, 0) is 30.0 Å². The zero-order valence-corrected chi connectivity index (χ0v) is 18.9. The molecule has 1 aromatic carbocycles. The first kappa shape index (κ1) is 22.1. The van der Waals surface area contributed by atoms with Crippen molar-refractivity contribution in [2.75, 3.05) is 13.1 Å². The molecule has 2 rings (SSSR count). The molecule has 0 saturated carbocycles. The number of hydrogen-bond donors (Lipinski definition) is 1. The molecule has 1 aliphatic heterocycles. The molecule has 5 heteroatoms. The van der Waals surface area contributed by atoms with E-state index in [1.807, 2.05) is 19.9 Å². The number of benzene rings is 1. The third kappa shape index (κ3) is 5.43. The largest absolute Gasteiger partial charge is 0.480 e. The van der Waals surface area contributed by atoms with Crippen molar-refractivity contribution in [2.24, 2.45) is 17.3 Å². The van der Waals surface area contributed by atoms with Crippen LogP contribution in [0.3, 0.4) is 0 Å². The molecule has 0 aliphatic carbocycles. The zero-order chi connectivity index (χ0) is 20.4. The minimum Gasteiger partial charge on any atom is -0.480 e. The molecule has 1 fully saturated rings. The molecule has 1 saturated heterocycles. The molecular formula is C22H36NO3Si. The van der Waals surface area contributed by atoms with E-state index in [1.54, 1.807) is 0 Å². The van der Waals surface area contributed by atoms with Crippen molar-refractivity contribution in [1.29, 1.82) is 0 Å². The van der Waals surface area contributed by atoms with Crippen LogP contribution in [-0.2, 0) is 9.22 Å². The highest BCUT2D eigenvalue weighted by atomic mass is 28.3. The van der Waals surface area contributed by atoms with Crippen molar-refractivity contribution in [3.05, 3.63) is 35.9 Å². The lowest BCUT2D eigenvalue weighted by Gasteiger charge is -2.39. The molecule has 1 aromatic rings. The first-order chi connectivity index (χ1) is 12.5. The Labute approximate surface area is 166 Å². The molecule has 1 aliphatic rings. The van der Waals surface area contributed by atoms with E-state index >= 15 is 0 Å². The summed E-state index contributed by atoms with van der Waals surface area (Å²) in [6, 6.07) is 10.1. The van der Waals surface area contributed by atoms with Gasteiger partial charge in [0.2, 0.25) is 9.04 Å². The molecule has 1 N–H and O–H groups in total. The number of carbonyl (C=O) groups is 1. The molecular weight excluding hydrogens is 354 g/mol. The average molecular weight is 391 g/mol. The Hall–Kier alpha value is -1.17. The van der Waals surface area contributed by atoms with Gasteiger partial charge in [0.05, 0.1) is 6.10 Å². The van der Waals surface area contributed by atoms with Crippen LogP contribution in [0, 0.1) is 17.3 Å². The van der Waals surface area contributed by atoms with Gasteiger partial charge in [0, 0.05) is 24.9 Å². The highest BCUT2D eigenvalue weighted by Gasteiger charge is 2.47. The van der Waals surface area contributed by atoms with Crippen LogP contribution in [0.5, 0.6) is 0 Å². The van der Waals surface area contributed by atoms with Gasteiger partial charge in [-0.2, -0.15) is 0 Å². The molecule has 0 bridgehead atoms. The second-order valence-corrected chi connectivity index (χ2v) is 11.5. The van der Waals surface area contributed by atoms with Crippen molar-refractivity contribution < 1.29 is 14.3 Å². The van der Waals surface area contributed by atoms with Crippen molar-refractivity contribution in [3.63, 3.8) is 0 Å². The highest BCUT2D eigenvalue weighted by Crippen LogP contribution is 2.43. The summed E-state index contributed by atoms with van der Waals surface area (Å²) in [5, 5.41) is 9.82. The third-order valence-electron chi connectivity index (χ3n) is 5.50. The van der Waals surface area contributed by atoms with E-state index in [9.17, 15) is 9.90 Å². The molecule has 4 atom stereocenters. The van der Waals surface area contributed by atoms with Crippen LogP contribution in [0.2, 0.25) is 13.1 Å². The first-order valence-electron chi connectivity index (χ1n) is 10.0. The number of nitrogens with zero attached hydrogens (tertiary/aromatic N) is 1. The predicted octanol–water partition coefficient (Wildman–Crippen LogP) is 4.49. The predicted molar refractivity (Wildman–Crippen MR) is 112 cm³/mol. The number of carboxylic acids is 1. The molecule has 151 valence electrons. The van der Waals surface area contributed by atoms with Crippen LogP contribution >= 0.6 is 0 Å². The van der Waals surface area contributed by atoms with Gasteiger partial charge in [0.1, 0.15) is 6.04 Å². The Morgan fingerprint density at radius 3 is 2.22 bits per heavy atom. The van der Waals surface area contributed by atoms with Crippen LogP contribution in [0.25, 0.3) is 0 Å². The number of likely N-dealkylation sites (tertiary alicyclic amines) is 1. The molecule has 4 nitrogen and oxygen atoms in total. The minimum absolute atomic E-state index is 0.00615. The SMILES string of the molecule is CC(C)[C@H](C(=O)O)N1C[C@H](c2ccccc2)[C@@H](C(O[Si](C)C)C(C)(C)C)C1. The van der Waals surface area contributed by atoms with Crippen LogP contribution < -0.4 is 0 Å². The van der Waals surface area contributed by atoms with Gasteiger partial charge in [0.25, 0.3) is 0 Å². The fourth-order valence-corrected chi connectivity index (χ4v) is 5.51. The maximum atomic E-state index is 12.0. The van der Waals surface area contributed by atoms with E-state index < -0.39 is 21.1 Å². The summed E-state index contributed by atoms with van der Waals surface area (Å²) in [7, 11) is -0.861. The summed E-state index contributed by atoms with van der Waals surface area (Å²) in [5.41, 5.74) is 1.29. The van der Waals surface area contributed by atoms with Crippen LogP contribution in [-0.4, -0.2) is 50.3 Å². The quantitative estimate of drug-likeness (QED) is 0.697. The van der Waals surface area contributed by atoms with Crippen molar-refractivity contribution in [2.45, 2.75) is 65.8 Å². The van der Waals surface area contributed by atoms with Crippen LogP contribution in [0.15, 0.2) is 30.3 Å². The zero-order valence-electron chi connectivity index (χ0n) is 17.9. The summed E-state index contributed by atoms with van der Waals surface area (Å²) in [6.07, 6.45) is 0.109. The maximum absolute atomic E-state index is 12.0. The molecule has 1 heterocycles. The Morgan fingerprint density at radius 1 is 1.19 bits per heavy atom. The van der Waals surface area contributed by atoms with Gasteiger partial charge in [-0.15, -0.1) is 0 Å². The Balaban J connectivity index is 2.42. The van der Waals surface area contributed by atoms with E-state index in [4.69, 9.17) is 4.43 Å². The van der Waals surface area contributed by atoms with E-state index in [2.05, 4.69) is 63.0 Å². The van der Waals surface area contributed by atoms with E-state index in [1.165, 1.54) is 5.56 Å². The monoisotopic (exact) mass is 390 g/mol. The highest BCUT2D eigenvalue weighted by molar-refractivity contribution is 6.48. The Kier molecular flexibility index (Phi) is 7.28. The Morgan fingerprint density at radius 2 is 1.78 bits per heavy atom. The first-order valence-corrected chi connectivity index (χ1v) is 12.4. The van der Waals surface area contributed by atoms with E-state index in [-0.39, 0.29) is 29.3 Å². The molecule has 0 amide bonds. The maximum Gasteiger partial charge on any atom is 0.321 e. The van der Waals surface area contributed by atoms with Gasteiger partial charge < -0.3 is 9.53 Å². The van der Waals surface area contributed by atoms with Crippen molar-refractivity contribution in [3.8, 4) is 0 Å². The molecule has 1 radical (unpaired) electrons. The summed E-state index contributed by atoms with van der Waals surface area (Å²) in [6.45, 7) is 16.6. The van der Waals surface area contributed by atoms with Gasteiger partial charge in [-0.1, -0.05) is 65.0 Å². The van der Waals surface area contributed by atoms with E-state index in [0.717, 1.165) is 13.1 Å². The van der Waals surface area contributed by atoms with Crippen LogP contribution in [0.1, 0.15) is 46.1 Å². The molecule has 0 aromatic heterocycles. The van der Waals surface area contributed by atoms with E-state index in [0.29, 0.717) is 0 Å². The van der Waals surface area contributed by atoms with Gasteiger partial charge in [-0.3, -0.25) is 9.69 Å². The van der Waals surface area contributed by atoms with Gasteiger partial charge in [-0.25, -0.2) is 0 Å². The standard InChI is InChI=1S/C22H36NO3Si/c1-15(2)19(21(24)25)23-13-17(16-11-9-8-10-12-16)18(14-23)20(22(3,4)5)26-27(6)7/h8-12,15,17-20H,13-14H2,1-7H3,(H,24,25)/t17-,18+,19-,20?/m1/s1. The lowest BCUT2D eigenvalue weighted by molar-refractivity contribution is -0.144. The number of hydrogen-bond acceptors (Lipinski definition) is 3. The third-order valence-corrected chi connectivity index (χ3v) is 6.23. The van der Waals surface area contributed by atoms with Crippen LogP contribution in [0.4, 0.5) is 0 Å². The second-order valence-electron chi connectivity index (χ2n) is 9.47. The smallest absolute Gasteiger partial charge is 0.321 e. The molecule has 0 spiro atoms. The van der Waals surface area contributed by atoms with Crippen molar-refractivity contribution >= 4 is 15.0 Å². The minimum atomic E-state index is -0.861. The molecule has 1 unspecified atom stereocenters. The van der Waals surface area contributed by atoms with Crippen molar-refractivity contribution in [1.82, 2.24) is 4.90 Å². The van der Waals surface area contributed by atoms with Gasteiger partial charge in [0.15, 0.2) is 0 Å². The second kappa shape index (κ2) is 8.89. The molecule has 27 heavy (non-hydrogen) atoms. The lowest BCUT2D eigenvalue weighted by Crippen LogP contribution is -2.45.